The Kier molecular flexibility index (Phi) is 4.72. The van der Waals surface area contributed by atoms with Gasteiger partial charge in [-0.3, -0.25) is 4.79 Å². The van der Waals surface area contributed by atoms with Gasteiger partial charge in [0.05, 0.1) is 0 Å². The lowest BCUT2D eigenvalue weighted by atomic mass is 10.1. The van der Waals surface area contributed by atoms with Crippen molar-refractivity contribution in [1.29, 1.82) is 0 Å². The van der Waals surface area contributed by atoms with E-state index in [0.29, 0.717) is 5.39 Å². The lowest BCUT2D eigenvalue weighted by molar-refractivity contribution is -0.139. The van der Waals surface area contributed by atoms with Crippen LogP contribution in [-0.2, 0) is 4.79 Å². The van der Waals surface area contributed by atoms with Crippen LogP contribution in [0.1, 0.15) is 16.9 Å². The molecule has 3 N–H and O–H groups in total. The van der Waals surface area contributed by atoms with Crippen LogP contribution in [0.3, 0.4) is 0 Å². The first kappa shape index (κ1) is 15.2. The highest BCUT2D eigenvalue weighted by molar-refractivity contribution is 6.34. The number of carboxylic acids is 1. The van der Waals surface area contributed by atoms with Gasteiger partial charge < -0.3 is 15.5 Å². The largest absolute Gasteiger partial charge is 0.480 e. The van der Waals surface area contributed by atoms with Gasteiger partial charge in [0.15, 0.2) is 0 Å². The summed E-state index contributed by atoms with van der Waals surface area (Å²) in [4.78, 5) is 27.0. The number of hydrogen-bond acceptors (Lipinski definition) is 4. The number of aliphatic hydroxyl groups excluding tert-OH is 1. The number of aliphatic carboxylic acids is 1. The number of aliphatic hydroxyl groups is 1. The van der Waals surface area contributed by atoms with Gasteiger partial charge in [-0.1, -0.05) is 35.9 Å². The molecule has 0 bridgehead atoms. The number of rotatable bonds is 5. The molecule has 0 fully saturated rings. The van der Waals surface area contributed by atoms with Crippen molar-refractivity contribution in [2.24, 2.45) is 0 Å². The van der Waals surface area contributed by atoms with Crippen molar-refractivity contribution in [2.45, 2.75) is 12.5 Å². The Labute approximate surface area is 125 Å². The summed E-state index contributed by atoms with van der Waals surface area (Å²) in [5.74, 6) is -1.87. The Balaban J connectivity index is 2.29. The highest BCUT2D eigenvalue weighted by Crippen LogP contribution is 2.22. The van der Waals surface area contributed by atoms with E-state index in [4.69, 9.17) is 21.8 Å². The van der Waals surface area contributed by atoms with Crippen LogP contribution in [0.4, 0.5) is 0 Å². The molecule has 1 aromatic heterocycles. The zero-order valence-electron chi connectivity index (χ0n) is 10.9. The van der Waals surface area contributed by atoms with Crippen LogP contribution in [0.15, 0.2) is 30.3 Å². The summed E-state index contributed by atoms with van der Waals surface area (Å²) < 4.78 is 0. The zero-order chi connectivity index (χ0) is 15.4. The first-order valence-electron chi connectivity index (χ1n) is 6.22. The molecule has 6 nitrogen and oxygen atoms in total. The van der Waals surface area contributed by atoms with E-state index in [9.17, 15) is 9.59 Å². The number of hydrogen-bond donors (Lipinski definition) is 3. The Bertz CT molecular complexity index is 690. The van der Waals surface area contributed by atoms with E-state index in [1.807, 2.05) is 0 Å². The van der Waals surface area contributed by atoms with Crippen molar-refractivity contribution >= 4 is 34.2 Å². The van der Waals surface area contributed by atoms with Crippen LogP contribution in [0, 0.1) is 0 Å². The summed E-state index contributed by atoms with van der Waals surface area (Å²) in [5.41, 5.74) is 0.0305. The molecule has 2 aromatic rings. The maximum absolute atomic E-state index is 12.1. The van der Waals surface area contributed by atoms with Gasteiger partial charge in [-0.15, -0.1) is 0 Å². The number of halogens is 1. The summed E-state index contributed by atoms with van der Waals surface area (Å²) in [6.45, 7) is -0.344. The van der Waals surface area contributed by atoms with Gasteiger partial charge in [0.25, 0.3) is 5.91 Å². The van der Waals surface area contributed by atoms with Gasteiger partial charge in [-0.2, -0.15) is 0 Å². The van der Waals surface area contributed by atoms with E-state index in [-0.39, 0.29) is 23.9 Å². The van der Waals surface area contributed by atoms with E-state index >= 15 is 0 Å². The number of fused-ring (bicyclic) bond motifs is 1. The highest BCUT2D eigenvalue weighted by Gasteiger charge is 2.21. The van der Waals surface area contributed by atoms with Crippen LogP contribution in [-0.4, -0.2) is 39.7 Å². The Morgan fingerprint density at radius 2 is 2.05 bits per heavy atom. The second-order valence-corrected chi connectivity index (χ2v) is 4.75. The molecule has 21 heavy (non-hydrogen) atoms. The summed E-state index contributed by atoms with van der Waals surface area (Å²) in [6.07, 6.45) is -0.0810. The van der Waals surface area contributed by atoms with Crippen molar-refractivity contribution in [3.8, 4) is 0 Å². The smallest absolute Gasteiger partial charge is 0.326 e. The first-order chi connectivity index (χ1) is 10.0. The molecule has 0 aliphatic carbocycles. The number of nitrogens with zero attached hydrogens (tertiary/aromatic N) is 1. The van der Waals surface area contributed by atoms with Crippen molar-refractivity contribution in [1.82, 2.24) is 10.3 Å². The molecule has 110 valence electrons. The number of carbonyl (C=O) groups excluding carboxylic acids is 1. The maximum atomic E-state index is 12.1. The minimum absolute atomic E-state index is 0.0305. The summed E-state index contributed by atoms with van der Waals surface area (Å²) in [7, 11) is 0. The number of amides is 1. The summed E-state index contributed by atoms with van der Waals surface area (Å²) >= 11 is 6.02. The lowest BCUT2D eigenvalue weighted by Crippen LogP contribution is -2.41. The van der Waals surface area contributed by atoms with Crippen molar-refractivity contribution in [3.05, 3.63) is 41.2 Å². The molecular formula is C14H13ClN2O4. The quantitative estimate of drug-likeness (QED) is 0.726. The molecule has 0 spiro atoms. The molecule has 0 aliphatic rings. The van der Waals surface area contributed by atoms with E-state index in [0.717, 1.165) is 5.39 Å². The number of aromatic nitrogens is 1. The summed E-state index contributed by atoms with van der Waals surface area (Å²) in [5, 5.41) is 21.7. The molecule has 1 amide bonds. The molecule has 0 saturated carbocycles. The van der Waals surface area contributed by atoms with Gasteiger partial charge in [-0.25, -0.2) is 9.78 Å². The van der Waals surface area contributed by atoms with Gasteiger partial charge >= 0.3 is 5.97 Å². The van der Waals surface area contributed by atoms with E-state index in [1.165, 1.54) is 6.07 Å². The Morgan fingerprint density at radius 3 is 2.71 bits per heavy atom. The van der Waals surface area contributed by atoms with E-state index in [2.05, 4.69) is 10.3 Å². The first-order valence-corrected chi connectivity index (χ1v) is 6.60. The fraction of sp³-hybridized carbons (Fsp3) is 0.214. The average molecular weight is 309 g/mol. The van der Waals surface area contributed by atoms with Crippen molar-refractivity contribution in [3.63, 3.8) is 0 Å². The van der Waals surface area contributed by atoms with Gasteiger partial charge in [0.1, 0.15) is 16.9 Å². The fourth-order valence-electron chi connectivity index (χ4n) is 1.89. The van der Waals surface area contributed by atoms with Crippen molar-refractivity contribution < 1.29 is 19.8 Å². The number of benzene rings is 1. The molecule has 0 saturated heterocycles. The van der Waals surface area contributed by atoms with Crippen LogP contribution >= 0.6 is 11.6 Å². The number of pyridine rings is 1. The second kappa shape index (κ2) is 6.51. The molecule has 1 atom stereocenters. The molecule has 1 aromatic carbocycles. The molecule has 1 heterocycles. The van der Waals surface area contributed by atoms with Crippen LogP contribution in [0.5, 0.6) is 0 Å². The van der Waals surface area contributed by atoms with E-state index in [1.54, 1.807) is 24.3 Å². The number of carboxylic acid groups (broad SMARTS) is 1. The third-order valence-corrected chi connectivity index (χ3v) is 3.24. The second-order valence-electron chi connectivity index (χ2n) is 4.40. The topological polar surface area (TPSA) is 99.5 Å². The van der Waals surface area contributed by atoms with Gasteiger partial charge in [-0.05, 0) is 11.5 Å². The molecule has 0 radical (unpaired) electrons. The predicted molar refractivity (Wildman–Crippen MR) is 77.3 cm³/mol. The summed E-state index contributed by atoms with van der Waals surface area (Å²) in [6, 6.07) is 7.52. The SMILES string of the molecule is O=C(N[C@H](CCO)C(=O)O)c1cc2ccccc2c(Cl)n1. The normalized spacial score (nSPS) is 12.1. The lowest BCUT2D eigenvalue weighted by Gasteiger charge is -2.13. The maximum Gasteiger partial charge on any atom is 0.326 e. The zero-order valence-corrected chi connectivity index (χ0v) is 11.7. The van der Waals surface area contributed by atoms with Gasteiger partial charge in [0.2, 0.25) is 0 Å². The number of nitrogens with one attached hydrogen (secondary N) is 1. The third kappa shape index (κ3) is 3.48. The Morgan fingerprint density at radius 1 is 1.33 bits per heavy atom. The average Bonchev–Trinajstić information content (AvgIpc) is 2.46. The monoisotopic (exact) mass is 308 g/mol. The Hall–Kier alpha value is -2.18. The minimum Gasteiger partial charge on any atom is -0.480 e. The minimum atomic E-state index is -1.22. The fourth-order valence-corrected chi connectivity index (χ4v) is 2.15. The molecule has 0 aliphatic heterocycles. The molecular weight excluding hydrogens is 296 g/mol. The molecule has 0 unspecified atom stereocenters. The van der Waals surface area contributed by atoms with Crippen LogP contribution < -0.4 is 5.32 Å². The number of carbonyl (C=O) groups is 2. The predicted octanol–water partition coefficient (Wildman–Crippen LogP) is 1.45. The third-order valence-electron chi connectivity index (χ3n) is 2.95. The standard InChI is InChI=1S/C14H13ClN2O4/c15-12-9-4-2-1-3-8(9)7-11(16-12)13(19)17-10(5-6-18)14(20)21/h1-4,7,10,18H,5-6H2,(H,17,19)(H,20,21)/t10-/m1/s1. The van der Waals surface area contributed by atoms with Crippen LogP contribution in [0.25, 0.3) is 10.8 Å². The van der Waals surface area contributed by atoms with E-state index < -0.39 is 17.9 Å². The molecule has 2 rings (SSSR count). The highest BCUT2D eigenvalue weighted by atomic mass is 35.5. The molecule has 7 heteroatoms. The van der Waals surface area contributed by atoms with Crippen molar-refractivity contribution in [2.75, 3.05) is 6.61 Å². The van der Waals surface area contributed by atoms with Crippen LogP contribution in [0.2, 0.25) is 5.15 Å². The van der Waals surface area contributed by atoms with Gasteiger partial charge in [0, 0.05) is 18.4 Å².